The van der Waals surface area contributed by atoms with Gasteiger partial charge in [0.05, 0.1) is 12.2 Å². The maximum Gasteiger partial charge on any atom is 0.193 e. The number of benzene rings is 1. The quantitative estimate of drug-likeness (QED) is 0.444. The van der Waals surface area contributed by atoms with Gasteiger partial charge in [0.15, 0.2) is 5.96 Å². The molecule has 0 fully saturated rings. The summed E-state index contributed by atoms with van der Waals surface area (Å²) in [5.74, 6) is 0.443. The van der Waals surface area contributed by atoms with Gasteiger partial charge in [-0.3, -0.25) is 0 Å². The Balaban J connectivity index is 0.00000176. The number of nitrogens with zero attached hydrogens (tertiary/aromatic N) is 2. The summed E-state index contributed by atoms with van der Waals surface area (Å²) in [5, 5.41) is 4.17. The maximum atomic E-state index is 5.96. The number of nitrogens with two attached hydrogens (primary N) is 1. The van der Waals surface area contributed by atoms with Crippen LogP contribution in [0.15, 0.2) is 23.2 Å². The summed E-state index contributed by atoms with van der Waals surface area (Å²) in [4.78, 5) is 10.1. The SMILES string of the molecule is Cc1nc(CN=C(N)Nc2ccc3c(c2)CCC3)sc1C.I. The van der Waals surface area contributed by atoms with E-state index < -0.39 is 0 Å². The van der Waals surface area contributed by atoms with Gasteiger partial charge in [-0.1, -0.05) is 6.07 Å². The molecule has 0 unspecified atom stereocenters. The first-order valence-corrected chi connectivity index (χ1v) is 8.05. The summed E-state index contributed by atoms with van der Waals surface area (Å²) >= 11 is 1.68. The zero-order chi connectivity index (χ0) is 14.8. The van der Waals surface area contributed by atoms with E-state index in [1.807, 2.05) is 6.92 Å². The maximum absolute atomic E-state index is 5.96. The predicted molar refractivity (Wildman–Crippen MR) is 104 cm³/mol. The monoisotopic (exact) mass is 428 g/mol. The fourth-order valence-corrected chi connectivity index (χ4v) is 3.46. The zero-order valence-electron chi connectivity index (χ0n) is 12.8. The van der Waals surface area contributed by atoms with E-state index in [1.165, 1.54) is 35.3 Å². The molecule has 1 aliphatic rings. The van der Waals surface area contributed by atoms with Gasteiger partial charge in [-0.05, 0) is 56.4 Å². The van der Waals surface area contributed by atoms with Crippen LogP contribution >= 0.6 is 35.3 Å². The molecule has 0 saturated carbocycles. The van der Waals surface area contributed by atoms with Crippen molar-refractivity contribution in [1.29, 1.82) is 0 Å². The Kier molecular flexibility index (Phi) is 5.80. The van der Waals surface area contributed by atoms with Crippen molar-refractivity contribution >= 4 is 47.0 Å². The topological polar surface area (TPSA) is 63.3 Å². The molecule has 2 aromatic rings. The van der Waals surface area contributed by atoms with Gasteiger partial charge in [0.2, 0.25) is 0 Å². The number of aliphatic imine (C=N–C) groups is 1. The summed E-state index contributed by atoms with van der Waals surface area (Å²) < 4.78 is 0. The number of aryl methyl sites for hydroxylation is 4. The highest BCUT2D eigenvalue weighted by Crippen LogP contribution is 2.24. The van der Waals surface area contributed by atoms with Crippen LogP contribution in [0, 0.1) is 13.8 Å². The number of hydrogen-bond acceptors (Lipinski definition) is 3. The van der Waals surface area contributed by atoms with Crippen molar-refractivity contribution in [3.05, 3.63) is 44.9 Å². The van der Waals surface area contributed by atoms with Gasteiger partial charge in [-0.2, -0.15) is 0 Å². The number of fused-ring (bicyclic) bond motifs is 1. The molecular formula is C16H21IN4S. The zero-order valence-corrected chi connectivity index (χ0v) is 16.0. The van der Waals surface area contributed by atoms with E-state index >= 15 is 0 Å². The predicted octanol–water partition coefficient (Wildman–Crippen LogP) is 3.79. The van der Waals surface area contributed by atoms with Crippen LogP contribution in [0.5, 0.6) is 0 Å². The normalized spacial score (nSPS) is 13.6. The summed E-state index contributed by atoms with van der Waals surface area (Å²) in [5.41, 5.74) is 10.9. The molecule has 0 saturated heterocycles. The lowest BCUT2D eigenvalue weighted by atomic mass is 10.1. The summed E-state index contributed by atoms with van der Waals surface area (Å²) in [6.07, 6.45) is 3.62. The molecule has 0 atom stereocenters. The van der Waals surface area contributed by atoms with E-state index in [0.29, 0.717) is 12.5 Å². The molecule has 0 spiro atoms. The highest BCUT2D eigenvalue weighted by molar-refractivity contribution is 14.0. The molecule has 1 aromatic heterocycles. The van der Waals surface area contributed by atoms with Crippen molar-refractivity contribution in [2.75, 3.05) is 5.32 Å². The molecule has 22 heavy (non-hydrogen) atoms. The first kappa shape index (κ1) is 17.2. The van der Waals surface area contributed by atoms with Crippen molar-refractivity contribution in [2.45, 2.75) is 39.7 Å². The lowest BCUT2D eigenvalue weighted by Gasteiger charge is -2.07. The van der Waals surface area contributed by atoms with Gasteiger partial charge in [-0.15, -0.1) is 35.3 Å². The van der Waals surface area contributed by atoms with Crippen molar-refractivity contribution in [2.24, 2.45) is 10.7 Å². The van der Waals surface area contributed by atoms with Crippen LogP contribution in [0.4, 0.5) is 5.69 Å². The lowest BCUT2D eigenvalue weighted by molar-refractivity contribution is 0.912. The molecule has 118 valence electrons. The largest absolute Gasteiger partial charge is 0.370 e. The Bertz CT molecular complexity index is 674. The van der Waals surface area contributed by atoms with Gasteiger partial charge < -0.3 is 11.1 Å². The van der Waals surface area contributed by atoms with Crippen molar-refractivity contribution in [1.82, 2.24) is 4.98 Å². The van der Waals surface area contributed by atoms with Crippen molar-refractivity contribution in [3.63, 3.8) is 0 Å². The first-order valence-electron chi connectivity index (χ1n) is 7.23. The van der Waals surface area contributed by atoms with Crippen LogP contribution < -0.4 is 11.1 Å². The standard InChI is InChI=1S/C16H20N4S.HI/c1-10-11(2)21-15(19-10)9-18-16(17)20-14-7-6-12-4-3-5-13(12)8-14;/h6-8H,3-5,9H2,1-2H3,(H3,17,18,20);1H. The van der Waals surface area contributed by atoms with Gasteiger partial charge >= 0.3 is 0 Å². The minimum absolute atomic E-state index is 0. The highest BCUT2D eigenvalue weighted by Gasteiger charge is 2.11. The third kappa shape index (κ3) is 3.98. The number of guanidine groups is 1. The number of aromatic nitrogens is 1. The molecule has 3 N–H and O–H groups in total. The highest BCUT2D eigenvalue weighted by atomic mass is 127. The van der Waals surface area contributed by atoms with Gasteiger partial charge in [0.1, 0.15) is 5.01 Å². The number of thiazole rings is 1. The van der Waals surface area contributed by atoms with E-state index in [9.17, 15) is 0 Å². The molecule has 0 radical (unpaired) electrons. The van der Waals surface area contributed by atoms with Crippen molar-refractivity contribution < 1.29 is 0 Å². The third-order valence-electron chi connectivity index (χ3n) is 3.83. The fraction of sp³-hybridized carbons (Fsp3) is 0.375. The summed E-state index contributed by atoms with van der Waals surface area (Å²) in [6, 6.07) is 6.44. The summed E-state index contributed by atoms with van der Waals surface area (Å²) in [6.45, 7) is 4.63. The molecular weight excluding hydrogens is 407 g/mol. The average Bonchev–Trinajstić information content (AvgIpc) is 3.03. The number of halogens is 1. The van der Waals surface area contributed by atoms with Crippen LogP contribution in [0.2, 0.25) is 0 Å². The number of anilines is 1. The molecule has 1 heterocycles. The van der Waals surface area contributed by atoms with Gasteiger partial charge in [0.25, 0.3) is 0 Å². The molecule has 0 aliphatic heterocycles. The molecule has 6 heteroatoms. The van der Waals surface area contributed by atoms with E-state index in [0.717, 1.165) is 16.4 Å². The van der Waals surface area contributed by atoms with E-state index in [2.05, 4.69) is 40.4 Å². The number of nitrogens with one attached hydrogen (secondary N) is 1. The molecule has 0 amide bonds. The molecule has 0 bridgehead atoms. The Hall–Kier alpha value is -1.15. The lowest BCUT2D eigenvalue weighted by Crippen LogP contribution is -2.22. The molecule has 4 nitrogen and oxygen atoms in total. The van der Waals surface area contributed by atoms with E-state index in [4.69, 9.17) is 5.73 Å². The number of rotatable bonds is 3. The van der Waals surface area contributed by atoms with Crippen LogP contribution in [0.1, 0.15) is 33.1 Å². The smallest absolute Gasteiger partial charge is 0.193 e. The minimum atomic E-state index is 0. The number of hydrogen-bond donors (Lipinski definition) is 2. The Morgan fingerprint density at radius 2 is 2.09 bits per heavy atom. The van der Waals surface area contributed by atoms with Crippen LogP contribution in [-0.2, 0) is 19.4 Å². The van der Waals surface area contributed by atoms with E-state index in [-0.39, 0.29) is 24.0 Å². The van der Waals surface area contributed by atoms with Crippen LogP contribution in [-0.4, -0.2) is 10.9 Å². The molecule has 1 aliphatic carbocycles. The van der Waals surface area contributed by atoms with Gasteiger partial charge in [-0.25, -0.2) is 9.98 Å². The first-order chi connectivity index (χ1) is 10.1. The minimum Gasteiger partial charge on any atom is -0.370 e. The average molecular weight is 428 g/mol. The Morgan fingerprint density at radius 3 is 2.82 bits per heavy atom. The van der Waals surface area contributed by atoms with Crippen LogP contribution in [0.3, 0.4) is 0 Å². The third-order valence-corrected chi connectivity index (χ3v) is 4.89. The van der Waals surface area contributed by atoms with E-state index in [1.54, 1.807) is 11.3 Å². The van der Waals surface area contributed by atoms with Crippen molar-refractivity contribution in [3.8, 4) is 0 Å². The molecule has 3 rings (SSSR count). The summed E-state index contributed by atoms with van der Waals surface area (Å²) in [7, 11) is 0. The van der Waals surface area contributed by atoms with Crippen LogP contribution in [0.25, 0.3) is 0 Å². The second-order valence-corrected chi connectivity index (χ2v) is 6.70. The molecule has 1 aromatic carbocycles. The Labute approximate surface area is 152 Å². The second-order valence-electron chi connectivity index (χ2n) is 5.41. The van der Waals surface area contributed by atoms with Gasteiger partial charge in [0, 0.05) is 10.6 Å². The Morgan fingerprint density at radius 1 is 1.32 bits per heavy atom. The fourth-order valence-electron chi connectivity index (χ4n) is 2.60. The second kappa shape index (κ2) is 7.41.